The highest BCUT2D eigenvalue weighted by Crippen LogP contribution is 2.27. The van der Waals surface area contributed by atoms with Gasteiger partial charge in [-0.2, -0.15) is 5.10 Å². The van der Waals surface area contributed by atoms with Crippen molar-refractivity contribution >= 4 is 28.3 Å². The van der Waals surface area contributed by atoms with E-state index >= 15 is 0 Å². The van der Waals surface area contributed by atoms with Crippen LogP contribution in [0.4, 0.5) is 5.69 Å². The molecule has 36 heavy (non-hydrogen) atoms. The summed E-state index contributed by atoms with van der Waals surface area (Å²) in [6.45, 7) is 0. The average molecular weight is 490 g/mol. The Morgan fingerprint density at radius 1 is 0.861 bits per heavy atom. The molecule has 0 saturated heterocycles. The number of nitrogens with two attached hydrogens (primary N) is 1. The Kier molecular flexibility index (Phi) is 5.32. The zero-order valence-corrected chi connectivity index (χ0v) is 19.6. The Bertz CT molecular complexity index is 1740. The number of hydrogen-bond acceptors (Lipinski definition) is 5. The second kappa shape index (κ2) is 8.79. The molecular formula is C28H18ClN6O. The number of benzene rings is 3. The van der Waals surface area contributed by atoms with E-state index in [9.17, 15) is 4.79 Å². The summed E-state index contributed by atoms with van der Waals surface area (Å²) in [5.41, 5.74) is 10.5. The van der Waals surface area contributed by atoms with Crippen molar-refractivity contribution in [3.63, 3.8) is 0 Å². The molecule has 3 aromatic heterocycles. The number of anilines is 1. The average Bonchev–Trinajstić information content (AvgIpc) is 3.35. The third kappa shape index (κ3) is 3.81. The minimum absolute atomic E-state index is 0.229. The third-order valence-corrected chi connectivity index (χ3v) is 6.10. The lowest BCUT2D eigenvalue weighted by Gasteiger charge is -2.14. The number of aromatic nitrogens is 5. The highest BCUT2D eigenvalue weighted by molar-refractivity contribution is 6.30. The van der Waals surface area contributed by atoms with Crippen LogP contribution in [0.15, 0.2) is 102 Å². The second-order valence-electron chi connectivity index (χ2n) is 8.16. The standard InChI is InChI=1S/C28H18ClN6O/c29-20-10-13-22(14-11-20)34-26(19-8-6-18(7-9-19)25-15-12-21(30)16-31-25)33-27-24(28(34)36)17-32-35(27)23-4-2-1-3-5-23/h1-2,4-17H,30H2. The van der Waals surface area contributed by atoms with Crippen molar-refractivity contribution in [2.75, 3.05) is 5.73 Å². The minimum Gasteiger partial charge on any atom is -0.397 e. The van der Waals surface area contributed by atoms with Gasteiger partial charge in [0, 0.05) is 16.1 Å². The van der Waals surface area contributed by atoms with E-state index in [1.807, 2.05) is 48.5 Å². The van der Waals surface area contributed by atoms with Gasteiger partial charge in [0.1, 0.15) is 11.2 Å². The maximum atomic E-state index is 13.8. The van der Waals surface area contributed by atoms with Gasteiger partial charge in [-0.15, -0.1) is 0 Å². The van der Waals surface area contributed by atoms with Crippen molar-refractivity contribution in [2.24, 2.45) is 0 Å². The third-order valence-electron chi connectivity index (χ3n) is 5.85. The van der Waals surface area contributed by atoms with Gasteiger partial charge in [0.15, 0.2) is 5.65 Å². The Morgan fingerprint density at radius 3 is 2.33 bits per heavy atom. The molecule has 0 bridgehead atoms. The Balaban J connectivity index is 1.57. The van der Waals surface area contributed by atoms with Crippen LogP contribution < -0.4 is 11.3 Å². The fourth-order valence-electron chi connectivity index (χ4n) is 4.06. The molecule has 0 unspecified atom stereocenters. The van der Waals surface area contributed by atoms with Crippen LogP contribution >= 0.6 is 11.6 Å². The summed E-state index contributed by atoms with van der Waals surface area (Å²) in [6.07, 6.45) is 3.17. The Hall–Kier alpha value is -4.75. The van der Waals surface area contributed by atoms with Gasteiger partial charge in [-0.05, 0) is 54.6 Å². The number of fused-ring (bicyclic) bond motifs is 1. The molecule has 173 valence electrons. The lowest BCUT2D eigenvalue weighted by molar-refractivity contribution is 0.888. The number of nitrogen functional groups attached to an aromatic ring is 1. The van der Waals surface area contributed by atoms with E-state index in [1.165, 1.54) is 0 Å². The zero-order valence-electron chi connectivity index (χ0n) is 18.8. The lowest BCUT2D eigenvalue weighted by Crippen LogP contribution is -2.22. The summed E-state index contributed by atoms with van der Waals surface area (Å²) >= 11 is 6.11. The predicted molar refractivity (Wildman–Crippen MR) is 141 cm³/mol. The summed E-state index contributed by atoms with van der Waals surface area (Å²) in [5, 5.41) is 5.43. The SMILES string of the molecule is Nc1ccc(-c2ccc(-c3nc4c(cnn4-c4c[c]ccc4)c(=O)n3-c3ccc(Cl)cc3)cc2)nc1. The molecule has 2 N–H and O–H groups in total. The van der Waals surface area contributed by atoms with E-state index in [4.69, 9.17) is 22.3 Å². The van der Waals surface area contributed by atoms with Crippen molar-refractivity contribution in [3.05, 3.63) is 119 Å². The van der Waals surface area contributed by atoms with Crippen molar-refractivity contribution in [2.45, 2.75) is 0 Å². The summed E-state index contributed by atoms with van der Waals surface area (Å²) in [4.78, 5) is 23.1. The molecule has 0 amide bonds. The smallest absolute Gasteiger partial charge is 0.269 e. The van der Waals surface area contributed by atoms with Crippen LogP contribution in [-0.2, 0) is 0 Å². The molecule has 6 rings (SSSR count). The van der Waals surface area contributed by atoms with Crippen LogP contribution in [0, 0.1) is 6.07 Å². The first-order valence-corrected chi connectivity index (χ1v) is 11.5. The molecule has 6 aromatic rings. The molecule has 0 spiro atoms. The van der Waals surface area contributed by atoms with Crippen LogP contribution in [0.2, 0.25) is 5.02 Å². The van der Waals surface area contributed by atoms with Crippen molar-refractivity contribution < 1.29 is 0 Å². The molecule has 0 aliphatic carbocycles. The van der Waals surface area contributed by atoms with Crippen LogP contribution in [0.25, 0.3) is 45.1 Å². The molecule has 3 heterocycles. The van der Waals surface area contributed by atoms with Crippen LogP contribution in [0.1, 0.15) is 0 Å². The monoisotopic (exact) mass is 489 g/mol. The van der Waals surface area contributed by atoms with Crippen molar-refractivity contribution in [3.8, 4) is 34.0 Å². The highest BCUT2D eigenvalue weighted by Gasteiger charge is 2.18. The fourth-order valence-corrected chi connectivity index (χ4v) is 4.19. The Morgan fingerprint density at radius 2 is 1.64 bits per heavy atom. The first-order valence-electron chi connectivity index (χ1n) is 11.1. The van der Waals surface area contributed by atoms with Gasteiger partial charge in [-0.3, -0.25) is 14.3 Å². The minimum atomic E-state index is -0.229. The summed E-state index contributed by atoms with van der Waals surface area (Å²) in [7, 11) is 0. The number of pyridine rings is 1. The summed E-state index contributed by atoms with van der Waals surface area (Å²) < 4.78 is 3.23. The molecule has 0 saturated carbocycles. The molecule has 8 heteroatoms. The van der Waals surface area contributed by atoms with E-state index in [0.29, 0.717) is 33.3 Å². The second-order valence-corrected chi connectivity index (χ2v) is 8.60. The van der Waals surface area contributed by atoms with Gasteiger partial charge < -0.3 is 5.73 Å². The summed E-state index contributed by atoms with van der Waals surface area (Å²) in [5.74, 6) is 0.480. The number of nitrogens with zero attached hydrogens (tertiary/aromatic N) is 5. The zero-order chi connectivity index (χ0) is 24.6. The van der Waals surface area contributed by atoms with Gasteiger partial charge in [-0.1, -0.05) is 48.0 Å². The van der Waals surface area contributed by atoms with E-state index in [-0.39, 0.29) is 5.56 Å². The fraction of sp³-hybridized carbons (Fsp3) is 0. The predicted octanol–water partition coefficient (Wildman–Crippen LogP) is 5.34. The normalized spacial score (nSPS) is 11.1. The molecule has 0 aliphatic heterocycles. The molecule has 3 aromatic carbocycles. The van der Waals surface area contributed by atoms with Crippen molar-refractivity contribution in [1.29, 1.82) is 0 Å². The van der Waals surface area contributed by atoms with E-state index < -0.39 is 0 Å². The summed E-state index contributed by atoms with van der Waals surface area (Å²) in [6, 6.07) is 28.9. The molecular weight excluding hydrogens is 472 g/mol. The number of hydrogen-bond donors (Lipinski definition) is 1. The van der Waals surface area contributed by atoms with Gasteiger partial charge in [0.05, 0.1) is 35.1 Å². The number of rotatable bonds is 4. The van der Waals surface area contributed by atoms with E-state index in [2.05, 4.69) is 16.1 Å². The molecule has 0 aliphatic rings. The lowest BCUT2D eigenvalue weighted by atomic mass is 10.1. The van der Waals surface area contributed by atoms with Gasteiger partial charge in [0.2, 0.25) is 0 Å². The van der Waals surface area contributed by atoms with Crippen LogP contribution in [0.5, 0.6) is 0 Å². The van der Waals surface area contributed by atoms with Crippen LogP contribution in [0.3, 0.4) is 0 Å². The molecule has 0 fully saturated rings. The van der Waals surface area contributed by atoms with E-state index in [1.54, 1.807) is 58.0 Å². The molecule has 0 atom stereocenters. The van der Waals surface area contributed by atoms with Gasteiger partial charge >= 0.3 is 0 Å². The molecule has 7 nitrogen and oxygen atoms in total. The maximum Gasteiger partial charge on any atom is 0.269 e. The van der Waals surface area contributed by atoms with Gasteiger partial charge in [0.25, 0.3) is 5.56 Å². The topological polar surface area (TPSA) is 91.6 Å². The quantitative estimate of drug-likeness (QED) is 0.361. The Labute approximate surface area is 211 Å². The van der Waals surface area contributed by atoms with Crippen molar-refractivity contribution in [1.82, 2.24) is 24.3 Å². The number of halogens is 1. The van der Waals surface area contributed by atoms with E-state index in [0.717, 1.165) is 22.5 Å². The first kappa shape index (κ1) is 21.8. The molecule has 1 radical (unpaired) electrons. The largest absolute Gasteiger partial charge is 0.397 e. The first-order chi connectivity index (χ1) is 17.6. The maximum absolute atomic E-state index is 13.8. The highest BCUT2D eigenvalue weighted by atomic mass is 35.5. The van der Waals surface area contributed by atoms with Crippen LogP contribution in [-0.4, -0.2) is 24.3 Å². The van der Waals surface area contributed by atoms with Gasteiger partial charge in [-0.25, -0.2) is 9.67 Å².